The highest BCUT2D eigenvalue weighted by Crippen LogP contribution is 2.17. The zero-order valence-electron chi connectivity index (χ0n) is 10.4. The van der Waals surface area contributed by atoms with E-state index in [1.54, 1.807) is 0 Å². The minimum atomic E-state index is 0.0817. The van der Waals surface area contributed by atoms with Crippen LogP contribution < -0.4 is 5.32 Å². The zero-order valence-corrected chi connectivity index (χ0v) is 10.4. The summed E-state index contributed by atoms with van der Waals surface area (Å²) in [5.74, 6) is 0. The molecule has 1 aliphatic heterocycles. The van der Waals surface area contributed by atoms with Crippen LogP contribution in [0.2, 0.25) is 0 Å². The second kappa shape index (κ2) is 5.71. The van der Waals surface area contributed by atoms with Crippen molar-refractivity contribution in [2.24, 2.45) is 0 Å². The van der Waals surface area contributed by atoms with Gasteiger partial charge in [0.2, 0.25) is 0 Å². The number of hydrogen-bond donors (Lipinski definition) is 1. The molecule has 2 amide bonds. The van der Waals surface area contributed by atoms with E-state index in [0.29, 0.717) is 0 Å². The summed E-state index contributed by atoms with van der Waals surface area (Å²) in [5, 5.41) is 3.11. The molecule has 0 saturated carbocycles. The Balaban J connectivity index is 1.97. The molecule has 0 spiro atoms. The van der Waals surface area contributed by atoms with E-state index in [4.69, 9.17) is 0 Å². The molecule has 1 aliphatic rings. The fraction of sp³-hybridized carbons (Fsp3) is 0.500. The number of urea groups is 1. The van der Waals surface area contributed by atoms with Crippen molar-refractivity contribution in [2.45, 2.75) is 32.2 Å². The van der Waals surface area contributed by atoms with E-state index in [1.807, 2.05) is 23.1 Å². The van der Waals surface area contributed by atoms with Crippen molar-refractivity contribution < 1.29 is 4.79 Å². The van der Waals surface area contributed by atoms with Crippen LogP contribution in [0.25, 0.3) is 0 Å². The molecule has 1 N–H and O–H groups in total. The first-order chi connectivity index (χ1) is 8.31. The normalized spacial score (nSPS) is 16.9. The molecule has 3 nitrogen and oxygen atoms in total. The number of hydrogen-bond acceptors (Lipinski definition) is 1. The third kappa shape index (κ3) is 2.99. The smallest absolute Gasteiger partial charge is 0.317 e. The molecule has 0 radical (unpaired) electrons. The van der Waals surface area contributed by atoms with E-state index in [2.05, 4.69) is 24.4 Å². The summed E-state index contributed by atoms with van der Waals surface area (Å²) in [4.78, 5) is 13.9. The number of carbonyl (C=O) groups excluding carboxylic acids is 1. The fourth-order valence-corrected chi connectivity index (χ4v) is 2.27. The maximum absolute atomic E-state index is 12.0. The molecule has 2 rings (SSSR count). The Hall–Kier alpha value is -1.51. The van der Waals surface area contributed by atoms with Gasteiger partial charge in [-0.1, -0.05) is 37.3 Å². The Morgan fingerprint density at radius 3 is 2.53 bits per heavy atom. The van der Waals surface area contributed by atoms with E-state index in [-0.39, 0.29) is 12.1 Å². The quantitative estimate of drug-likeness (QED) is 0.853. The van der Waals surface area contributed by atoms with Gasteiger partial charge in [0.15, 0.2) is 0 Å². The fourth-order valence-electron chi connectivity index (χ4n) is 2.27. The minimum absolute atomic E-state index is 0.0817. The Kier molecular flexibility index (Phi) is 4.02. The van der Waals surface area contributed by atoms with Crippen molar-refractivity contribution >= 4 is 6.03 Å². The SMILES string of the molecule is CCC(NC(=O)N1CCCC1)c1ccccc1. The molecule has 3 heteroatoms. The maximum Gasteiger partial charge on any atom is 0.317 e. The van der Waals surface area contributed by atoms with Gasteiger partial charge in [0.1, 0.15) is 0 Å². The van der Waals surface area contributed by atoms with Gasteiger partial charge in [-0.2, -0.15) is 0 Å². The number of nitrogens with one attached hydrogen (secondary N) is 1. The second-order valence-electron chi connectivity index (χ2n) is 4.52. The first-order valence-electron chi connectivity index (χ1n) is 6.41. The number of amides is 2. The van der Waals surface area contributed by atoms with Crippen LogP contribution in [0.3, 0.4) is 0 Å². The summed E-state index contributed by atoms with van der Waals surface area (Å²) in [6.45, 7) is 3.90. The minimum Gasteiger partial charge on any atom is -0.331 e. The molecule has 0 aromatic heterocycles. The van der Waals surface area contributed by atoms with Gasteiger partial charge in [0, 0.05) is 13.1 Å². The summed E-state index contributed by atoms with van der Waals surface area (Å²) in [6, 6.07) is 10.4. The lowest BCUT2D eigenvalue weighted by Gasteiger charge is -2.22. The second-order valence-corrected chi connectivity index (χ2v) is 4.52. The summed E-state index contributed by atoms with van der Waals surface area (Å²) in [6.07, 6.45) is 3.19. The first-order valence-corrected chi connectivity index (χ1v) is 6.41. The van der Waals surface area contributed by atoms with Crippen molar-refractivity contribution in [3.8, 4) is 0 Å². The van der Waals surface area contributed by atoms with Crippen LogP contribution in [0.15, 0.2) is 30.3 Å². The van der Waals surface area contributed by atoms with E-state index >= 15 is 0 Å². The lowest BCUT2D eigenvalue weighted by Crippen LogP contribution is -2.39. The van der Waals surface area contributed by atoms with Crippen LogP contribution in [0.4, 0.5) is 4.79 Å². The van der Waals surface area contributed by atoms with E-state index in [0.717, 1.165) is 32.4 Å². The molecular weight excluding hydrogens is 212 g/mol. The highest BCUT2D eigenvalue weighted by Gasteiger charge is 2.20. The summed E-state index contributed by atoms with van der Waals surface area (Å²) in [5.41, 5.74) is 1.18. The lowest BCUT2D eigenvalue weighted by molar-refractivity contribution is 0.204. The van der Waals surface area contributed by atoms with E-state index < -0.39 is 0 Å². The van der Waals surface area contributed by atoms with Crippen molar-refractivity contribution in [1.29, 1.82) is 0 Å². The molecular formula is C14H20N2O. The Bertz CT molecular complexity index is 358. The average molecular weight is 232 g/mol. The zero-order chi connectivity index (χ0) is 12.1. The number of likely N-dealkylation sites (tertiary alicyclic amines) is 1. The topological polar surface area (TPSA) is 32.3 Å². The van der Waals surface area contributed by atoms with Gasteiger partial charge in [-0.25, -0.2) is 4.79 Å². The van der Waals surface area contributed by atoms with Gasteiger partial charge in [0.25, 0.3) is 0 Å². The molecule has 1 atom stereocenters. The highest BCUT2D eigenvalue weighted by atomic mass is 16.2. The number of carbonyl (C=O) groups is 1. The van der Waals surface area contributed by atoms with E-state index in [1.165, 1.54) is 5.56 Å². The molecule has 1 fully saturated rings. The summed E-state index contributed by atoms with van der Waals surface area (Å²) in [7, 11) is 0. The first kappa shape index (κ1) is 12.0. The average Bonchev–Trinajstić information content (AvgIpc) is 2.90. The largest absolute Gasteiger partial charge is 0.331 e. The van der Waals surface area contributed by atoms with Crippen LogP contribution in [0.5, 0.6) is 0 Å². The van der Waals surface area contributed by atoms with Crippen LogP contribution in [0.1, 0.15) is 37.8 Å². The Morgan fingerprint density at radius 2 is 1.94 bits per heavy atom. The van der Waals surface area contributed by atoms with Crippen LogP contribution in [-0.2, 0) is 0 Å². The third-order valence-corrected chi connectivity index (χ3v) is 3.30. The van der Waals surface area contributed by atoms with E-state index in [9.17, 15) is 4.79 Å². The molecule has 0 aliphatic carbocycles. The summed E-state index contributed by atoms with van der Waals surface area (Å²) < 4.78 is 0. The summed E-state index contributed by atoms with van der Waals surface area (Å²) >= 11 is 0. The molecule has 1 aromatic carbocycles. The molecule has 1 heterocycles. The molecule has 92 valence electrons. The van der Waals surface area contributed by atoms with Gasteiger partial charge in [-0.05, 0) is 24.8 Å². The van der Waals surface area contributed by atoms with Gasteiger partial charge >= 0.3 is 6.03 Å². The maximum atomic E-state index is 12.0. The predicted molar refractivity (Wildman–Crippen MR) is 68.8 cm³/mol. The van der Waals surface area contributed by atoms with Gasteiger partial charge in [-0.15, -0.1) is 0 Å². The molecule has 1 aromatic rings. The molecule has 17 heavy (non-hydrogen) atoms. The lowest BCUT2D eigenvalue weighted by atomic mass is 10.1. The number of benzene rings is 1. The monoisotopic (exact) mass is 232 g/mol. The van der Waals surface area contributed by atoms with Crippen LogP contribution in [0, 0.1) is 0 Å². The molecule has 1 saturated heterocycles. The predicted octanol–water partition coefficient (Wildman–Crippen LogP) is 2.94. The van der Waals surface area contributed by atoms with Crippen molar-refractivity contribution in [3.63, 3.8) is 0 Å². The van der Waals surface area contributed by atoms with Crippen molar-refractivity contribution in [3.05, 3.63) is 35.9 Å². The number of rotatable bonds is 3. The van der Waals surface area contributed by atoms with Gasteiger partial charge in [0.05, 0.1) is 6.04 Å². The standard InChI is InChI=1S/C14H20N2O/c1-2-13(12-8-4-3-5-9-12)15-14(17)16-10-6-7-11-16/h3-5,8-9,13H,2,6-7,10-11H2,1H3,(H,15,17). The van der Waals surface area contributed by atoms with Gasteiger partial charge < -0.3 is 10.2 Å². The Labute approximate surface area is 103 Å². The van der Waals surface area contributed by atoms with Crippen molar-refractivity contribution in [1.82, 2.24) is 10.2 Å². The van der Waals surface area contributed by atoms with Crippen molar-refractivity contribution in [2.75, 3.05) is 13.1 Å². The number of nitrogens with zero attached hydrogens (tertiary/aromatic N) is 1. The highest BCUT2D eigenvalue weighted by molar-refractivity contribution is 5.75. The van der Waals surface area contributed by atoms with Gasteiger partial charge in [-0.3, -0.25) is 0 Å². The van der Waals surface area contributed by atoms with Crippen LogP contribution in [-0.4, -0.2) is 24.0 Å². The Morgan fingerprint density at radius 1 is 1.29 bits per heavy atom. The molecule has 1 unspecified atom stereocenters. The third-order valence-electron chi connectivity index (χ3n) is 3.30. The molecule has 0 bridgehead atoms. The van der Waals surface area contributed by atoms with Crippen LogP contribution >= 0.6 is 0 Å².